The van der Waals surface area contributed by atoms with Gasteiger partial charge in [-0.05, 0) is 41.5 Å². The number of nitrogens with one attached hydrogen (secondary N) is 1. The molecule has 1 amide bonds. The minimum atomic E-state index is -0.543. The van der Waals surface area contributed by atoms with Crippen molar-refractivity contribution in [2.45, 2.75) is 16.3 Å². The van der Waals surface area contributed by atoms with Crippen LogP contribution in [0.1, 0.15) is 11.1 Å². The predicted molar refractivity (Wildman–Crippen MR) is 108 cm³/mol. The second kappa shape index (κ2) is 7.70. The maximum atomic E-state index is 11.1. The number of para-hydroxylation sites is 2. The van der Waals surface area contributed by atoms with Crippen molar-refractivity contribution in [3.8, 4) is 0 Å². The lowest BCUT2D eigenvalue weighted by Gasteiger charge is -2.32. The summed E-state index contributed by atoms with van der Waals surface area (Å²) in [5.41, 5.74) is 6.09. The lowest BCUT2D eigenvalue weighted by atomic mass is 10.1. The Kier molecular flexibility index (Phi) is 4.96. The summed E-state index contributed by atoms with van der Waals surface area (Å²) in [6.45, 7) is 0.760. The number of carbonyl (C=O) groups excluding carboxylic acids is 1. The first-order chi connectivity index (χ1) is 13.2. The molecule has 0 saturated heterocycles. The van der Waals surface area contributed by atoms with Crippen LogP contribution in [0.2, 0.25) is 0 Å². The number of hydrogen-bond acceptors (Lipinski definition) is 4. The van der Waals surface area contributed by atoms with Gasteiger partial charge in [0, 0.05) is 22.4 Å². The van der Waals surface area contributed by atoms with Crippen LogP contribution in [-0.2, 0) is 11.3 Å². The van der Waals surface area contributed by atoms with Crippen LogP contribution < -0.4 is 10.4 Å². The molecule has 0 unspecified atom stereocenters. The summed E-state index contributed by atoms with van der Waals surface area (Å²) in [5, 5.41) is 8.54. The highest BCUT2D eigenvalue weighted by Gasteiger charge is 2.22. The summed E-state index contributed by atoms with van der Waals surface area (Å²) in [6, 6.07) is 25.0. The van der Waals surface area contributed by atoms with E-state index in [4.69, 9.17) is 5.21 Å². The first-order valence-corrected chi connectivity index (χ1v) is 9.41. The maximum Gasteiger partial charge on any atom is 0.267 e. The summed E-state index contributed by atoms with van der Waals surface area (Å²) >= 11 is 1.80. The van der Waals surface area contributed by atoms with Crippen molar-refractivity contribution in [1.29, 1.82) is 0 Å². The number of rotatable bonds is 4. The molecule has 3 aromatic carbocycles. The van der Waals surface area contributed by atoms with Crippen LogP contribution in [0.25, 0.3) is 6.08 Å². The Morgan fingerprint density at radius 1 is 0.926 bits per heavy atom. The molecule has 0 aliphatic carbocycles. The van der Waals surface area contributed by atoms with E-state index >= 15 is 0 Å². The normalized spacial score (nSPS) is 12.6. The molecule has 5 heteroatoms. The maximum absolute atomic E-state index is 11.1. The largest absolute Gasteiger partial charge is 0.335 e. The Bertz CT molecular complexity index is 954. The molecular weight excluding hydrogens is 356 g/mol. The van der Waals surface area contributed by atoms with Gasteiger partial charge in [-0.25, -0.2) is 5.48 Å². The highest BCUT2D eigenvalue weighted by molar-refractivity contribution is 7.99. The zero-order valence-electron chi connectivity index (χ0n) is 14.5. The van der Waals surface area contributed by atoms with Gasteiger partial charge in [-0.3, -0.25) is 10.0 Å². The summed E-state index contributed by atoms with van der Waals surface area (Å²) < 4.78 is 0. The number of carbonyl (C=O) groups is 1. The summed E-state index contributed by atoms with van der Waals surface area (Å²) in [7, 11) is 0. The molecule has 0 aromatic heterocycles. The third-order valence-electron chi connectivity index (χ3n) is 4.39. The third kappa shape index (κ3) is 3.74. The van der Waals surface area contributed by atoms with Crippen molar-refractivity contribution in [3.63, 3.8) is 0 Å². The molecule has 27 heavy (non-hydrogen) atoms. The molecule has 1 heterocycles. The Hall–Kier alpha value is -3.02. The van der Waals surface area contributed by atoms with E-state index in [-0.39, 0.29) is 0 Å². The average molecular weight is 374 g/mol. The van der Waals surface area contributed by atoms with E-state index in [1.807, 2.05) is 12.1 Å². The lowest BCUT2D eigenvalue weighted by Crippen LogP contribution is -2.20. The van der Waals surface area contributed by atoms with Gasteiger partial charge in [-0.2, -0.15) is 0 Å². The molecule has 4 rings (SSSR count). The molecule has 1 aliphatic heterocycles. The fourth-order valence-corrected chi connectivity index (χ4v) is 4.17. The van der Waals surface area contributed by atoms with Gasteiger partial charge in [0.25, 0.3) is 5.91 Å². The average Bonchev–Trinajstić information content (AvgIpc) is 2.72. The van der Waals surface area contributed by atoms with Crippen LogP contribution in [0.5, 0.6) is 0 Å². The van der Waals surface area contributed by atoms with Crippen LogP contribution in [-0.4, -0.2) is 11.1 Å². The highest BCUT2D eigenvalue weighted by atomic mass is 32.2. The molecule has 0 spiro atoms. The SMILES string of the molecule is O=C(/C=C/c1ccc(CN2c3ccccc3Sc3ccccc32)cc1)NO. The van der Waals surface area contributed by atoms with E-state index in [1.54, 1.807) is 23.3 Å². The minimum Gasteiger partial charge on any atom is -0.335 e. The van der Waals surface area contributed by atoms with Gasteiger partial charge in [-0.1, -0.05) is 60.3 Å². The Morgan fingerprint density at radius 3 is 2.11 bits per heavy atom. The van der Waals surface area contributed by atoms with Crippen LogP contribution in [0.15, 0.2) is 88.7 Å². The number of hydroxylamine groups is 1. The van der Waals surface area contributed by atoms with Crippen molar-refractivity contribution in [3.05, 3.63) is 90.0 Å². The van der Waals surface area contributed by atoms with E-state index < -0.39 is 5.91 Å². The lowest BCUT2D eigenvalue weighted by molar-refractivity contribution is -0.124. The van der Waals surface area contributed by atoms with E-state index in [1.165, 1.54) is 32.8 Å². The zero-order valence-corrected chi connectivity index (χ0v) is 15.3. The molecule has 3 aromatic rings. The summed E-state index contributed by atoms with van der Waals surface area (Å²) in [4.78, 5) is 15.9. The van der Waals surface area contributed by atoms with Crippen molar-refractivity contribution >= 4 is 35.1 Å². The fourth-order valence-electron chi connectivity index (χ4n) is 3.08. The number of anilines is 2. The van der Waals surface area contributed by atoms with Crippen LogP contribution >= 0.6 is 11.8 Å². The third-order valence-corrected chi connectivity index (χ3v) is 5.52. The van der Waals surface area contributed by atoms with Gasteiger partial charge in [0.05, 0.1) is 11.4 Å². The second-order valence-corrected chi connectivity index (χ2v) is 7.26. The van der Waals surface area contributed by atoms with E-state index in [0.717, 1.165) is 12.1 Å². The molecule has 0 atom stereocenters. The molecule has 134 valence electrons. The number of amides is 1. The Labute approximate surface area is 162 Å². The Balaban J connectivity index is 1.61. The molecule has 0 saturated carbocycles. The number of hydrogen-bond donors (Lipinski definition) is 2. The molecule has 2 N–H and O–H groups in total. The Morgan fingerprint density at radius 2 is 1.52 bits per heavy atom. The van der Waals surface area contributed by atoms with Crippen molar-refractivity contribution in [2.75, 3.05) is 4.90 Å². The number of nitrogens with zero attached hydrogens (tertiary/aromatic N) is 1. The van der Waals surface area contributed by atoms with E-state index in [0.29, 0.717) is 0 Å². The van der Waals surface area contributed by atoms with Gasteiger partial charge in [0.1, 0.15) is 0 Å². The highest BCUT2D eigenvalue weighted by Crippen LogP contribution is 2.48. The van der Waals surface area contributed by atoms with Gasteiger partial charge < -0.3 is 4.90 Å². The first kappa shape index (κ1) is 17.4. The van der Waals surface area contributed by atoms with E-state index in [9.17, 15) is 4.79 Å². The van der Waals surface area contributed by atoms with Crippen molar-refractivity contribution in [1.82, 2.24) is 5.48 Å². The first-order valence-electron chi connectivity index (χ1n) is 8.59. The zero-order chi connectivity index (χ0) is 18.6. The van der Waals surface area contributed by atoms with Gasteiger partial charge in [0.15, 0.2) is 0 Å². The van der Waals surface area contributed by atoms with Gasteiger partial charge in [-0.15, -0.1) is 0 Å². The predicted octanol–water partition coefficient (Wildman–Crippen LogP) is 5.01. The summed E-state index contributed by atoms with van der Waals surface area (Å²) in [5.74, 6) is -0.543. The minimum absolute atomic E-state index is 0.543. The van der Waals surface area contributed by atoms with Crippen LogP contribution in [0.3, 0.4) is 0 Å². The molecule has 1 aliphatic rings. The quantitative estimate of drug-likeness (QED) is 0.383. The molecule has 4 nitrogen and oxygen atoms in total. The topological polar surface area (TPSA) is 52.6 Å². The molecule has 0 radical (unpaired) electrons. The van der Waals surface area contributed by atoms with Crippen LogP contribution in [0.4, 0.5) is 11.4 Å². The van der Waals surface area contributed by atoms with Crippen LogP contribution in [0, 0.1) is 0 Å². The number of fused-ring (bicyclic) bond motifs is 2. The number of benzene rings is 3. The van der Waals surface area contributed by atoms with E-state index in [2.05, 4.69) is 65.6 Å². The van der Waals surface area contributed by atoms with Gasteiger partial charge >= 0.3 is 0 Å². The van der Waals surface area contributed by atoms with Crippen molar-refractivity contribution in [2.24, 2.45) is 0 Å². The standard InChI is InChI=1S/C22H18N2O2S/c25-22(23-26)14-13-16-9-11-17(12-10-16)15-24-18-5-1-3-7-20(18)27-21-8-4-2-6-19(21)24/h1-14,26H,15H2,(H,23,25)/b14-13+. The second-order valence-electron chi connectivity index (χ2n) is 6.17. The fraction of sp³-hybridized carbons (Fsp3) is 0.0455. The molecule has 0 fully saturated rings. The van der Waals surface area contributed by atoms with Gasteiger partial charge in [0.2, 0.25) is 0 Å². The smallest absolute Gasteiger partial charge is 0.267 e. The van der Waals surface area contributed by atoms with Crippen molar-refractivity contribution < 1.29 is 10.0 Å². The monoisotopic (exact) mass is 374 g/mol. The molecule has 0 bridgehead atoms. The summed E-state index contributed by atoms with van der Waals surface area (Å²) in [6.07, 6.45) is 2.96. The molecular formula is C22H18N2O2S.